The van der Waals surface area contributed by atoms with Crippen LogP contribution in [0, 0.1) is 23.4 Å². The Balaban J connectivity index is 1.52. The van der Waals surface area contributed by atoms with Crippen LogP contribution in [0.1, 0.15) is 33.6 Å². The third-order valence-corrected chi connectivity index (χ3v) is 4.64. The van der Waals surface area contributed by atoms with E-state index in [0.29, 0.717) is 38.0 Å². The first-order chi connectivity index (χ1) is 13.0. The Morgan fingerprint density at radius 3 is 2.52 bits per heavy atom. The van der Waals surface area contributed by atoms with Crippen molar-refractivity contribution in [1.82, 2.24) is 15.2 Å². The largest absolute Gasteiger partial charge is 0.352 e. The van der Waals surface area contributed by atoms with Gasteiger partial charge in [-0.15, -0.1) is 0 Å². The van der Waals surface area contributed by atoms with Crippen LogP contribution < -0.4 is 5.32 Å². The number of hydrogen-bond donors (Lipinski definition) is 1. The first-order valence-corrected chi connectivity index (χ1v) is 8.58. The molecule has 142 valence electrons. The molecule has 0 spiro atoms. The van der Waals surface area contributed by atoms with Crippen LogP contribution in [0.2, 0.25) is 0 Å². The summed E-state index contributed by atoms with van der Waals surface area (Å²) in [6, 6.07) is 5.04. The predicted molar refractivity (Wildman–Crippen MR) is 91.5 cm³/mol. The fraction of sp³-hybridized carbons (Fsp3) is 0.316. The maximum absolute atomic E-state index is 13.8. The van der Waals surface area contributed by atoms with Crippen molar-refractivity contribution in [1.29, 1.82) is 0 Å². The van der Waals surface area contributed by atoms with E-state index in [1.165, 1.54) is 11.1 Å². The number of rotatable bonds is 4. The average Bonchev–Trinajstić information content (AvgIpc) is 2.71. The van der Waals surface area contributed by atoms with E-state index in [0.717, 1.165) is 12.1 Å². The summed E-state index contributed by atoms with van der Waals surface area (Å²) >= 11 is 0. The van der Waals surface area contributed by atoms with Gasteiger partial charge in [0, 0.05) is 32.0 Å². The maximum atomic E-state index is 13.8. The van der Waals surface area contributed by atoms with Crippen molar-refractivity contribution in [3.05, 3.63) is 65.2 Å². The van der Waals surface area contributed by atoms with Crippen molar-refractivity contribution < 1.29 is 22.8 Å². The highest BCUT2D eigenvalue weighted by molar-refractivity contribution is 5.94. The van der Waals surface area contributed by atoms with Gasteiger partial charge < -0.3 is 10.2 Å². The number of carbonyl (C=O) groups excluding carboxylic acids is 2. The first kappa shape index (κ1) is 18.9. The molecule has 5 nitrogen and oxygen atoms in total. The summed E-state index contributed by atoms with van der Waals surface area (Å²) < 4.78 is 40.1. The Morgan fingerprint density at radius 2 is 1.85 bits per heavy atom. The van der Waals surface area contributed by atoms with Gasteiger partial charge in [-0.1, -0.05) is 0 Å². The fourth-order valence-corrected chi connectivity index (χ4v) is 3.04. The molecule has 2 aromatic rings. The number of nitrogens with zero attached hydrogens (tertiary/aromatic N) is 2. The maximum Gasteiger partial charge on any atom is 0.256 e. The van der Waals surface area contributed by atoms with Crippen molar-refractivity contribution >= 4 is 11.8 Å². The van der Waals surface area contributed by atoms with Gasteiger partial charge in [-0.05, 0) is 43.0 Å². The van der Waals surface area contributed by atoms with Crippen molar-refractivity contribution in [2.24, 2.45) is 5.92 Å². The minimum Gasteiger partial charge on any atom is -0.352 e. The highest BCUT2D eigenvalue weighted by Crippen LogP contribution is 2.21. The SMILES string of the molecule is O=C(NCC1CCN(C(=O)c2ccc(F)c(F)c2F)CC1)c1cccnc1. The van der Waals surface area contributed by atoms with Crippen LogP contribution in [0.15, 0.2) is 36.7 Å². The molecule has 0 bridgehead atoms. The molecule has 27 heavy (non-hydrogen) atoms. The summed E-state index contributed by atoms with van der Waals surface area (Å²) in [6.45, 7) is 1.16. The molecule has 8 heteroatoms. The lowest BCUT2D eigenvalue weighted by Crippen LogP contribution is -2.42. The van der Waals surface area contributed by atoms with Crippen LogP contribution in [-0.4, -0.2) is 41.3 Å². The normalized spacial score (nSPS) is 14.9. The highest BCUT2D eigenvalue weighted by atomic mass is 19.2. The number of carbonyl (C=O) groups is 2. The van der Waals surface area contributed by atoms with Gasteiger partial charge in [0.1, 0.15) is 0 Å². The summed E-state index contributed by atoms with van der Waals surface area (Å²) in [5, 5.41) is 2.83. The molecular weight excluding hydrogens is 359 g/mol. The zero-order valence-electron chi connectivity index (χ0n) is 14.4. The molecule has 0 saturated carbocycles. The van der Waals surface area contributed by atoms with Crippen molar-refractivity contribution in [3.63, 3.8) is 0 Å². The van der Waals surface area contributed by atoms with Crippen molar-refractivity contribution in [3.8, 4) is 0 Å². The second kappa shape index (κ2) is 8.20. The molecule has 2 amide bonds. The summed E-state index contributed by atoms with van der Waals surface area (Å²) in [5.41, 5.74) is -0.00356. The number of amides is 2. The van der Waals surface area contributed by atoms with E-state index in [4.69, 9.17) is 0 Å². The monoisotopic (exact) mass is 377 g/mol. The summed E-state index contributed by atoms with van der Waals surface area (Å²) in [6.07, 6.45) is 4.29. The minimum absolute atomic E-state index is 0.171. The highest BCUT2D eigenvalue weighted by Gasteiger charge is 2.27. The smallest absolute Gasteiger partial charge is 0.256 e. The molecule has 1 fully saturated rings. The van der Waals surface area contributed by atoms with Gasteiger partial charge in [-0.3, -0.25) is 14.6 Å². The zero-order valence-corrected chi connectivity index (χ0v) is 14.4. The molecule has 1 aromatic heterocycles. The molecule has 0 aliphatic carbocycles. The number of hydrogen-bond acceptors (Lipinski definition) is 3. The molecule has 0 unspecified atom stereocenters. The standard InChI is InChI=1S/C19H18F3N3O2/c20-15-4-3-14(16(21)17(15)22)19(27)25-8-5-12(6-9-25)10-24-18(26)13-2-1-7-23-11-13/h1-4,7,11-12H,5-6,8-10H2,(H,24,26). The molecule has 1 saturated heterocycles. The second-order valence-electron chi connectivity index (χ2n) is 6.41. The molecule has 1 N–H and O–H groups in total. The Kier molecular flexibility index (Phi) is 5.73. The Hall–Kier alpha value is -2.90. The molecule has 3 rings (SSSR count). The van der Waals surface area contributed by atoms with Gasteiger partial charge in [-0.2, -0.15) is 0 Å². The fourth-order valence-electron chi connectivity index (χ4n) is 3.04. The number of halogens is 3. The number of likely N-dealkylation sites (tertiary alicyclic amines) is 1. The van der Waals surface area contributed by atoms with Crippen LogP contribution in [0.4, 0.5) is 13.2 Å². The number of nitrogens with one attached hydrogen (secondary N) is 1. The van der Waals surface area contributed by atoms with E-state index in [-0.39, 0.29) is 11.8 Å². The molecule has 2 heterocycles. The van der Waals surface area contributed by atoms with Gasteiger partial charge >= 0.3 is 0 Å². The summed E-state index contributed by atoms with van der Waals surface area (Å²) in [4.78, 5) is 29.7. The Labute approximate surface area is 154 Å². The minimum atomic E-state index is -1.64. The van der Waals surface area contributed by atoms with E-state index >= 15 is 0 Å². The second-order valence-corrected chi connectivity index (χ2v) is 6.41. The zero-order chi connectivity index (χ0) is 19.4. The number of pyridine rings is 1. The van der Waals surface area contributed by atoms with Gasteiger partial charge in [0.15, 0.2) is 17.5 Å². The lowest BCUT2D eigenvalue weighted by molar-refractivity contribution is 0.0678. The Bertz CT molecular complexity index is 838. The number of aromatic nitrogens is 1. The first-order valence-electron chi connectivity index (χ1n) is 8.58. The van der Waals surface area contributed by atoms with Gasteiger partial charge in [0.05, 0.1) is 11.1 Å². The number of piperidine rings is 1. The predicted octanol–water partition coefficient (Wildman–Crippen LogP) is 2.78. The lowest BCUT2D eigenvalue weighted by atomic mass is 9.96. The molecule has 1 aliphatic heterocycles. The Morgan fingerprint density at radius 1 is 1.11 bits per heavy atom. The van der Waals surface area contributed by atoms with Crippen LogP contribution >= 0.6 is 0 Å². The van der Waals surface area contributed by atoms with E-state index < -0.39 is 28.9 Å². The molecule has 0 atom stereocenters. The quantitative estimate of drug-likeness (QED) is 0.834. The summed E-state index contributed by atoms with van der Waals surface area (Å²) in [7, 11) is 0. The van der Waals surface area contributed by atoms with Crippen LogP contribution in [0.5, 0.6) is 0 Å². The topological polar surface area (TPSA) is 62.3 Å². The third-order valence-electron chi connectivity index (χ3n) is 4.64. The van der Waals surface area contributed by atoms with Crippen LogP contribution in [0.25, 0.3) is 0 Å². The van der Waals surface area contributed by atoms with Crippen LogP contribution in [0.3, 0.4) is 0 Å². The van der Waals surface area contributed by atoms with Crippen molar-refractivity contribution in [2.45, 2.75) is 12.8 Å². The third kappa shape index (κ3) is 4.27. The number of benzene rings is 1. The van der Waals surface area contributed by atoms with Crippen LogP contribution in [-0.2, 0) is 0 Å². The molecular formula is C19H18F3N3O2. The summed E-state index contributed by atoms with van der Waals surface area (Å²) in [5.74, 6) is -5.15. The molecule has 0 radical (unpaired) electrons. The van der Waals surface area contributed by atoms with E-state index in [1.54, 1.807) is 18.3 Å². The molecule has 1 aromatic carbocycles. The van der Waals surface area contributed by atoms with Gasteiger partial charge in [-0.25, -0.2) is 13.2 Å². The average molecular weight is 377 g/mol. The van der Waals surface area contributed by atoms with E-state index in [1.807, 2.05) is 0 Å². The van der Waals surface area contributed by atoms with Crippen molar-refractivity contribution in [2.75, 3.05) is 19.6 Å². The van der Waals surface area contributed by atoms with Gasteiger partial charge in [0.25, 0.3) is 11.8 Å². The van der Waals surface area contributed by atoms with Gasteiger partial charge in [0.2, 0.25) is 0 Å². The molecule has 1 aliphatic rings. The lowest BCUT2D eigenvalue weighted by Gasteiger charge is -2.32. The van der Waals surface area contributed by atoms with E-state index in [9.17, 15) is 22.8 Å². The van der Waals surface area contributed by atoms with E-state index in [2.05, 4.69) is 10.3 Å².